The molecule has 0 spiro atoms. The normalized spacial score (nSPS) is 12.0. The summed E-state index contributed by atoms with van der Waals surface area (Å²) in [6.45, 7) is 0.868. The summed E-state index contributed by atoms with van der Waals surface area (Å²) in [5.41, 5.74) is -1.02. The van der Waals surface area contributed by atoms with Gasteiger partial charge in [0.15, 0.2) is 4.67 Å². The fraction of sp³-hybridized carbons (Fsp3) is 0.364. The van der Waals surface area contributed by atoms with E-state index in [1.54, 1.807) is 19.1 Å². The van der Waals surface area contributed by atoms with Crippen LogP contribution in [0.3, 0.4) is 0 Å². The number of halogens is 1. The van der Waals surface area contributed by atoms with Gasteiger partial charge < -0.3 is 19.9 Å². The number of furan rings is 1. The number of hydrogen-bond donors (Lipinski definition) is 3. The Morgan fingerprint density at radius 2 is 2.18 bits per heavy atom. The van der Waals surface area contributed by atoms with Crippen molar-refractivity contribution in [2.45, 2.75) is 12.5 Å². The van der Waals surface area contributed by atoms with E-state index in [0.29, 0.717) is 10.4 Å². The number of carbonyl (C=O) groups is 1. The standard InChI is InChI=1S/C11H14BrNO4/c1-11(6-14,7-15)13-10(16)5-3-8-2-4-9(12)17-8/h2-5,14-15H,6-7H2,1H3,(H,13,16)/b5-3+. The lowest BCUT2D eigenvalue weighted by Gasteiger charge is -2.25. The third kappa shape index (κ3) is 4.33. The third-order valence-corrected chi connectivity index (χ3v) is 2.54. The monoisotopic (exact) mass is 303 g/mol. The Morgan fingerprint density at radius 1 is 1.53 bits per heavy atom. The molecule has 1 aromatic rings. The highest BCUT2D eigenvalue weighted by molar-refractivity contribution is 9.10. The van der Waals surface area contributed by atoms with Crippen molar-refractivity contribution in [2.75, 3.05) is 13.2 Å². The molecular weight excluding hydrogens is 290 g/mol. The lowest BCUT2D eigenvalue weighted by Crippen LogP contribution is -2.51. The predicted octanol–water partition coefficient (Wildman–Crippen LogP) is 0.915. The van der Waals surface area contributed by atoms with Gasteiger partial charge in [0.05, 0.1) is 18.8 Å². The number of carbonyl (C=O) groups excluding carboxylic acids is 1. The minimum Gasteiger partial charge on any atom is -0.450 e. The summed E-state index contributed by atoms with van der Waals surface area (Å²) >= 11 is 3.14. The van der Waals surface area contributed by atoms with Crippen molar-refractivity contribution in [3.8, 4) is 0 Å². The van der Waals surface area contributed by atoms with Gasteiger partial charge in [-0.05, 0) is 41.1 Å². The van der Waals surface area contributed by atoms with Crippen LogP contribution < -0.4 is 5.32 Å². The summed E-state index contributed by atoms with van der Waals surface area (Å²) in [4.78, 5) is 11.5. The van der Waals surface area contributed by atoms with Crippen LogP contribution >= 0.6 is 15.9 Å². The second kappa shape index (κ2) is 6.00. The fourth-order valence-electron chi connectivity index (χ4n) is 1.04. The quantitative estimate of drug-likeness (QED) is 0.706. The zero-order valence-corrected chi connectivity index (χ0v) is 10.9. The molecule has 94 valence electrons. The molecule has 1 amide bonds. The highest BCUT2D eigenvalue weighted by Crippen LogP contribution is 2.15. The maximum Gasteiger partial charge on any atom is 0.244 e. The maximum absolute atomic E-state index is 11.5. The summed E-state index contributed by atoms with van der Waals surface area (Å²) in [5, 5.41) is 20.5. The van der Waals surface area contributed by atoms with Gasteiger partial charge in [-0.1, -0.05) is 0 Å². The molecule has 0 aliphatic carbocycles. The van der Waals surface area contributed by atoms with E-state index in [1.807, 2.05) is 0 Å². The number of aliphatic hydroxyl groups is 2. The molecule has 17 heavy (non-hydrogen) atoms. The lowest BCUT2D eigenvalue weighted by molar-refractivity contribution is -0.119. The third-order valence-electron chi connectivity index (χ3n) is 2.12. The predicted molar refractivity (Wildman–Crippen MR) is 66.2 cm³/mol. The molecule has 0 radical (unpaired) electrons. The molecule has 0 saturated heterocycles. The van der Waals surface area contributed by atoms with Crippen LogP contribution in [0.15, 0.2) is 27.3 Å². The van der Waals surface area contributed by atoms with Crippen molar-refractivity contribution in [2.24, 2.45) is 0 Å². The van der Waals surface area contributed by atoms with Crippen LogP contribution in [0.5, 0.6) is 0 Å². The van der Waals surface area contributed by atoms with E-state index in [0.717, 1.165) is 0 Å². The van der Waals surface area contributed by atoms with Crippen LogP contribution in [0, 0.1) is 0 Å². The number of amides is 1. The molecule has 1 heterocycles. The Morgan fingerprint density at radius 3 is 2.65 bits per heavy atom. The molecule has 0 atom stereocenters. The Kier molecular flexibility index (Phi) is 4.92. The molecule has 6 heteroatoms. The first-order valence-corrected chi connectivity index (χ1v) is 5.76. The Hall–Kier alpha value is -1.11. The first kappa shape index (κ1) is 14.0. The molecule has 1 rings (SSSR count). The van der Waals surface area contributed by atoms with Gasteiger partial charge in [0.2, 0.25) is 5.91 Å². The Labute approximate surface area is 107 Å². The Bertz CT molecular complexity index is 409. The van der Waals surface area contributed by atoms with E-state index in [9.17, 15) is 4.79 Å². The molecule has 0 aromatic carbocycles. The number of aliphatic hydroxyl groups excluding tert-OH is 2. The average molecular weight is 304 g/mol. The molecule has 0 unspecified atom stereocenters. The summed E-state index contributed by atoms with van der Waals surface area (Å²) in [7, 11) is 0. The van der Waals surface area contributed by atoms with E-state index in [-0.39, 0.29) is 13.2 Å². The van der Waals surface area contributed by atoms with Crippen molar-refractivity contribution in [3.05, 3.63) is 28.6 Å². The zero-order valence-electron chi connectivity index (χ0n) is 9.31. The van der Waals surface area contributed by atoms with Gasteiger partial charge in [0, 0.05) is 6.08 Å². The van der Waals surface area contributed by atoms with Crippen molar-refractivity contribution >= 4 is 27.9 Å². The molecule has 5 nitrogen and oxygen atoms in total. The summed E-state index contributed by atoms with van der Waals surface area (Å²) in [6.07, 6.45) is 2.77. The van der Waals surface area contributed by atoms with Crippen LogP contribution in [-0.4, -0.2) is 34.9 Å². The topological polar surface area (TPSA) is 82.7 Å². The molecule has 0 fully saturated rings. The molecule has 0 saturated carbocycles. The van der Waals surface area contributed by atoms with Crippen LogP contribution in [0.4, 0.5) is 0 Å². The largest absolute Gasteiger partial charge is 0.450 e. The van der Waals surface area contributed by atoms with Crippen molar-refractivity contribution in [1.82, 2.24) is 5.32 Å². The summed E-state index contributed by atoms with van der Waals surface area (Å²) in [5.74, 6) is 0.116. The molecule has 0 bridgehead atoms. The first-order chi connectivity index (χ1) is 7.99. The van der Waals surface area contributed by atoms with Crippen molar-refractivity contribution in [1.29, 1.82) is 0 Å². The van der Waals surface area contributed by atoms with Gasteiger partial charge in [-0.2, -0.15) is 0 Å². The second-order valence-corrected chi connectivity index (χ2v) is 4.62. The van der Waals surface area contributed by atoms with Gasteiger partial charge in [0.25, 0.3) is 0 Å². The summed E-state index contributed by atoms with van der Waals surface area (Å²) in [6, 6.07) is 3.41. The zero-order chi connectivity index (χ0) is 12.9. The van der Waals surface area contributed by atoms with Crippen LogP contribution in [0.25, 0.3) is 6.08 Å². The van der Waals surface area contributed by atoms with E-state index in [4.69, 9.17) is 14.6 Å². The lowest BCUT2D eigenvalue weighted by atomic mass is 10.1. The number of rotatable bonds is 5. The number of nitrogens with one attached hydrogen (secondary N) is 1. The first-order valence-electron chi connectivity index (χ1n) is 4.96. The smallest absolute Gasteiger partial charge is 0.244 e. The van der Waals surface area contributed by atoms with Crippen molar-refractivity contribution in [3.63, 3.8) is 0 Å². The Balaban J connectivity index is 2.58. The van der Waals surface area contributed by atoms with Crippen LogP contribution in [0.2, 0.25) is 0 Å². The van der Waals surface area contributed by atoms with Gasteiger partial charge in [-0.15, -0.1) is 0 Å². The van der Waals surface area contributed by atoms with E-state index < -0.39 is 11.4 Å². The minimum atomic E-state index is -1.02. The molecular formula is C11H14BrNO4. The highest BCUT2D eigenvalue weighted by Gasteiger charge is 2.23. The molecule has 0 aliphatic rings. The molecule has 3 N–H and O–H groups in total. The maximum atomic E-state index is 11.5. The van der Waals surface area contributed by atoms with E-state index in [1.165, 1.54) is 12.2 Å². The van der Waals surface area contributed by atoms with Gasteiger partial charge >= 0.3 is 0 Å². The van der Waals surface area contributed by atoms with Gasteiger partial charge in [0.1, 0.15) is 5.76 Å². The average Bonchev–Trinajstić information content (AvgIpc) is 2.72. The van der Waals surface area contributed by atoms with Crippen molar-refractivity contribution < 1.29 is 19.4 Å². The fourth-order valence-corrected chi connectivity index (χ4v) is 1.36. The second-order valence-electron chi connectivity index (χ2n) is 3.84. The van der Waals surface area contributed by atoms with E-state index >= 15 is 0 Å². The van der Waals surface area contributed by atoms with Crippen LogP contribution in [-0.2, 0) is 4.79 Å². The molecule has 1 aromatic heterocycles. The number of hydrogen-bond acceptors (Lipinski definition) is 4. The van der Waals surface area contributed by atoms with Crippen LogP contribution in [0.1, 0.15) is 12.7 Å². The van der Waals surface area contributed by atoms with Gasteiger partial charge in [-0.25, -0.2) is 0 Å². The van der Waals surface area contributed by atoms with Gasteiger partial charge in [-0.3, -0.25) is 4.79 Å². The highest BCUT2D eigenvalue weighted by atomic mass is 79.9. The molecule has 0 aliphatic heterocycles. The summed E-state index contributed by atoms with van der Waals surface area (Å²) < 4.78 is 5.74. The SMILES string of the molecule is CC(CO)(CO)NC(=O)/C=C/c1ccc(Br)o1. The minimum absolute atomic E-state index is 0.338. The van der Waals surface area contributed by atoms with E-state index in [2.05, 4.69) is 21.2 Å².